The van der Waals surface area contributed by atoms with E-state index in [1.807, 2.05) is 17.8 Å². The zero-order valence-corrected chi connectivity index (χ0v) is 9.98. The molecule has 1 N–H and O–H groups in total. The van der Waals surface area contributed by atoms with Crippen molar-refractivity contribution in [1.82, 2.24) is 9.55 Å². The first-order chi connectivity index (χ1) is 7.20. The molecule has 0 saturated carbocycles. The Kier molecular flexibility index (Phi) is 4.82. The molecule has 1 atom stereocenters. The Bertz CT molecular complexity index is 277. The van der Waals surface area contributed by atoms with E-state index in [0.717, 1.165) is 31.5 Å². The van der Waals surface area contributed by atoms with Crippen LogP contribution in [0.1, 0.15) is 51.5 Å². The van der Waals surface area contributed by atoms with Crippen LogP contribution >= 0.6 is 0 Å². The minimum atomic E-state index is -0.412. The molecule has 0 amide bonds. The van der Waals surface area contributed by atoms with E-state index >= 15 is 0 Å². The summed E-state index contributed by atoms with van der Waals surface area (Å²) in [5.74, 6) is 1.14. The van der Waals surface area contributed by atoms with E-state index in [9.17, 15) is 5.11 Å². The van der Waals surface area contributed by atoms with E-state index in [0.29, 0.717) is 5.92 Å². The Balaban J connectivity index is 2.71. The van der Waals surface area contributed by atoms with Crippen LogP contribution in [0.15, 0.2) is 12.4 Å². The predicted octanol–water partition coefficient (Wildman–Crippen LogP) is 2.67. The molecule has 1 rings (SSSR count). The smallest absolute Gasteiger partial charge is 0.137 e. The van der Waals surface area contributed by atoms with Gasteiger partial charge < -0.3 is 9.67 Å². The summed E-state index contributed by atoms with van der Waals surface area (Å²) in [6.07, 6.45) is 7.59. The summed E-state index contributed by atoms with van der Waals surface area (Å²) in [6, 6.07) is 0. The zero-order valence-electron chi connectivity index (χ0n) is 9.98. The second kappa shape index (κ2) is 5.91. The highest BCUT2D eigenvalue weighted by atomic mass is 16.3. The average molecular weight is 210 g/mol. The van der Waals surface area contributed by atoms with Crippen molar-refractivity contribution in [3.8, 4) is 0 Å². The molecular weight excluding hydrogens is 188 g/mol. The Morgan fingerprint density at radius 2 is 1.93 bits per heavy atom. The van der Waals surface area contributed by atoms with Gasteiger partial charge in [-0.15, -0.1) is 0 Å². The number of aryl methyl sites for hydroxylation is 1. The van der Waals surface area contributed by atoms with Crippen molar-refractivity contribution in [1.29, 1.82) is 0 Å². The lowest BCUT2D eigenvalue weighted by Gasteiger charge is -2.21. The van der Waals surface area contributed by atoms with E-state index < -0.39 is 6.10 Å². The number of hydrogen-bond donors (Lipinski definition) is 1. The summed E-state index contributed by atoms with van der Waals surface area (Å²) < 4.78 is 1.91. The van der Waals surface area contributed by atoms with Crippen LogP contribution in [0, 0.1) is 5.92 Å². The van der Waals surface area contributed by atoms with Gasteiger partial charge in [0.25, 0.3) is 0 Å². The van der Waals surface area contributed by atoms with Gasteiger partial charge >= 0.3 is 0 Å². The Labute approximate surface area is 92.1 Å². The Morgan fingerprint density at radius 3 is 2.33 bits per heavy atom. The first kappa shape index (κ1) is 12.2. The fourth-order valence-corrected chi connectivity index (χ4v) is 2.07. The van der Waals surface area contributed by atoms with Crippen molar-refractivity contribution >= 4 is 0 Å². The second-order valence-corrected chi connectivity index (χ2v) is 4.18. The molecule has 86 valence electrons. The summed E-state index contributed by atoms with van der Waals surface area (Å²) in [4.78, 5) is 4.21. The highest BCUT2D eigenvalue weighted by Crippen LogP contribution is 2.28. The molecule has 0 fully saturated rings. The predicted molar refractivity (Wildman–Crippen MR) is 61.5 cm³/mol. The lowest BCUT2D eigenvalue weighted by Crippen LogP contribution is -2.16. The SMILES string of the molecule is CCCC(CCC)C(O)c1nccn1C. The largest absolute Gasteiger partial charge is 0.385 e. The van der Waals surface area contributed by atoms with E-state index in [1.165, 1.54) is 0 Å². The van der Waals surface area contributed by atoms with Gasteiger partial charge in [0, 0.05) is 19.4 Å². The first-order valence-corrected chi connectivity index (χ1v) is 5.86. The minimum absolute atomic E-state index is 0.348. The number of rotatable bonds is 6. The van der Waals surface area contributed by atoms with E-state index in [1.54, 1.807) is 6.20 Å². The van der Waals surface area contributed by atoms with Crippen molar-refractivity contribution in [3.05, 3.63) is 18.2 Å². The van der Waals surface area contributed by atoms with Gasteiger partial charge in [-0.3, -0.25) is 0 Å². The number of aromatic nitrogens is 2. The normalized spacial score (nSPS) is 13.4. The van der Waals surface area contributed by atoms with Crippen molar-refractivity contribution < 1.29 is 5.11 Å². The molecule has 0 aliphatic rings. The summed E-state index contributed by atoms with van der Waals surface area (Å²) in [6.45, 7) is 4.32. The summed E-state index contributed by atoms with van der Waals surface area (Å²) in [7, 11) is 1.93. The van der Waals surface area contributed by atoms with Crippen LogP contribution in [-0.2, 0) is 7.05 Å². The van der Waals surface area contributed by atoms with Gasteiger partial charge in [-0.1, -0.05) is 26.7 Å². The van der Waals surface area contributed by atoms with Crippen LogP contribution in [-0.4, -0.2) is 14.7 Å². The fourth-order valence-electron chi connectivity index (χ4n) is 2.07. The number of nitrogens with zero attached hydrogens (tertiary/aromatic N) is 2. The fraction of sp³-hybridized carbons (Fsp3) is 0.750. The maximum atomic E-state index is 10.2. The Hall–Kier alpha value is -0.830. The molecule has 3 heteroatoms. The molecule has 1 heterocycles. The highest BCUT2D eigenvalue weighted by Gasteiger charge is 2.22. The van der Waals surface area contributed by atoms with Gasteiger partial charge in [0.15, 0.2) is 0 Å². The van der Waals surface area contributed by atoms with Crippen LogP contribution in [0.5, 0.6) is 0 Å². The molecule has 0 radical (unpaired) electrons. The summed E-state index contributed by atoms with van der Waals surface area (Å²) >= 11 is 0. The molecule has 0 saturated heterocycles. The van der Waals surface area contributed by atoms with Crippen LogP contribution in [0.4, 0.5) is 0 Å². The van der Waals surface area contributed by atoms with Gasteiger partial charge in [0.05, 0.1) is 0 Å². The van der Waals surface area contributed by atoms with Gasteiger partial charge in [0.1, 0.15) is 11.9 Å². The zero-order chi connectivity index (χ0) is 11.3. The first-order valence-electron chi connectivity index (χ1n) is 5.86. The lowest BCUT2D eigenvalue weighted by atomic mass is 9.92. The molecule has 3 nitrogen and oxygen atoms in total. The van der Waals surface area contributed by atoms with Gasteiger partial charge in [0.2, 0.25) is 0 Å². The number of imidazole rings is 1. The Morgan fingerprint density at radius 1 is 1.33 bits per heavy atom. The molecule has 15 heavy (non-hydrogen) atoms. The third-order valence-electron chi connectivity index (χ3n) is 2.89. The number of aliphatic hydroxyl groups excluding tert-OH is 1. The molecule has 1 unspecified atom stereocenters. The highest BCUT2D eigenvalue weighted by molar-refractivity contribution is 4.97. The van der Waals surface area contributed by atoms with E-state index in [4.69, 9.17) is 0 Å². The van der Waals surface area contributed by atoms with Crippen molar-refractivity contribution in [2.75, 3.05) is 0 Å². The quantitative estimate of drug-likeness (QED) is 0.784. The minimum Gasteiger partial charge on any atom is -0.385 e. The van der Waals surface area contributed by atoms with Crippen molar-refractivity contribution in [2.24, 2.45) is 13.0 Å². The molecule has 1 aromatic heterocycles. The standard InChI is InChI=1S/C12H22N2O/c1-4-6-10(7-5-2)11(15)12-13-8-9-14(12)3/h8-11,15H,4-7H2,1-3H3. The molecular formula is C12H22N2O. The van der Waals surface area contributed by atoms with Gasteiger partial charge in [-0.25, -0.2) is 4.98 Å². The molecule has 0 aliphatic carbocycles. The summed E-state index contributed by atoms with van der Waals surface area (Å²) in [5, 5.41) is 10.2. The van der Waals surface area contributed by atoms with E-state index in [2.05, 4.69) is 18.8 Å². The third kappa shape index (κ3) is 3.06. The van der Waals surface area contributed by atoms with Crippen molar-refractivity contribution in [3.63, 3.8) is 0 Å². The van der Waals surface area contributed by atoms with Crippen LogP contribution in [0.3, 0.4) is 0 Å². The van der Waals surface area contributed by atoms with Crippen LogP contribution in [0.25, 0.3) is 0 Å². The van der Waals surface area contributed by atoms with Crippen LogP contribution in [0.2, 0.25) is 0 Å². The molecule has 0 aromatic carbocycles. The number of aliphatic hydroxyl groups is 1. The molecule has 0 aliphatic heterocycles. The topological polar surface area (TPSA) is 38.1 Å². The lowest BCUT2D eigenvalue weighted by molar-refractivity contribution is 0.0857. The van der Waals surface area contributed by atoms with Gasteiger partial charge in [-0.05, 0) is 18.8 Å². The molecule has 0 spiro atoms. The average Bonchev–Trinajstić information content (AvgIpc) is 2.63. The molecule has 1 aromatic rings. The maximum absolute atomic E-state index is 10.2. The maximum Gasteiger partial charge on any atom is 0.137 e. The second-order valence-electron chi connectivity index (χ2n) is 4.18. The number of hydrogen-bond acceptors (Lipinski definition) is 2. The third-order valence-corrected chi connectivity index (χ3v) is 2.89. The van der Waals surface area contributed by atoms with Crippen LogP contribution < -0.4 is 0 Å². The summed E-state index contributed by atoms with van der Waals surface area (Å²) in [5.41, 5.74) is 0. The monoisotopic (exact) mass is 210 g/mol. The van der Waals surface area contributed by atoms with Crippen molar-refractivity contribution in [2.45, 2.75) is 45.6 Å². The van der Waals surface area contributed by atoms with Gasteiger partial charge in [-0.2, -0.15) is 0 Å². The van der Waals surface area contributed by atoms with E-state index in [-0.39, 0.29) is 0 Å². The molecule has 0 bridgehead atoms.